The van der Waals surface area contributed by atoms with Crippen LogP contribution in [0.25, 0.3) is 0 Å². The van der Waals surface area contributed by atoms with E-state index in [1.807, 2.05) is 26.0 Å². The number of hydrogen-bond donors (Lipinski definition) is 4. The van der Waals surface area contributed by atoms with Crippen molar-refractivity contribution in [3.8, 4) is 11.5 Å². The third kappa shape index (κ3) is 4.49. The van der Waals surface area contributed by atoms with Crippen molar-refractivity contribution in [2.24, 2.45) is 5.73 Å². The summed E-state index contributed by atoms with van der Waals surface area (Å²) in [5.74, 6) is 0.205. The van der Waals surface area contributed by atoms with Gasteiger partial charge in [0.15, 0.2) is 0 Å². The van der Waals surface area contributed by atoms with E-state index in [0.29, 0.717) is 5.56 Å². The largest absolute Gasteiger partial charge is 0.508 e. The van der Waals surface area contributed by atoms with Gasteiger partial charge in [0, 0.05) is 43.0 Å². The number of nitrogens with zero attached hydrogens (tertiary/aromatic N) is 1. The van der Waals surface area contributed by atoms with Gasteiger partial charge in [-0.3, -0.25) is 0 Å². The second-order valence-corrected chi connectivity index (χ2v) is 7.59. The molecule has 2 aromatic rings. The maximum atomic E-state index is 10.2. The highest BCUT2D eigenvalue weighted by atomic mass is 16.3. The molecule has 5 nitrogen and oxygen atoms in total. The van der Waals surface area contributed by atoms with Gasteiger partial charge in [-0.15, -0.1) is 0 Å². The van der Waals surface area contributed by atoms with Gasteiger partial charge in [0.2, 0.25) is 0 Å². The first-order valence-corrected chi connectivity index (χ1v) is 9.59. The zero-order valence-electron chi connectivity index (χ0n) is 16.7. The van der Waals surface area contributed by atoms with E-state index in [2.05, 4.69) is 47.6 Å². The van der Waals surface area contributed by atoms with Crippen molar-refractivity contribution >= 4 is 5.69 Å². The van der Waals surface area contributed by atoms with E-state index >= 15 is 0 Å². The van der Waals surface area contributed by atoms with Crippen LogP contribution in [0.15, 0.2) is 60.3 Å². The molecule has 2 aromatic carbocycles. The molecule has 1 atom stereocenters. The van der Waals surface area contributed by atoms with E-state index in [1.165, 1.54) is 17.3 Å². The molecular formula is C23H29N3O2. The topological polar surface area (TPSA) is 81.8 Å². The molecule has 148 valence electrons. The Morgan fingerprint density at radius 1 is 1.07 bits per heavy atom. The number of hydrogen-bond acceptors (Lipinski definition) is 5. The lowest BCUT2D eigenvalue weighted by Crippen LogP contribution is -2.21. The van der Waals surface area contributed by atoms with Crippen LogP contribution >= 0.6 is 0 Å². The molecule has 0 spiro atoms. The number of nitrogens with one attached hydrogen (secondary N) is 1. The first-order valence-electron chi connectivity index (χ1n) is 9.59. The summed E-state index contributed by atoms with van der Waals surface area (Å²) in [6, 6.07) is 11.3. The molecule has 0 saturated carbocycles. The van der Waals surface area contributed by atoms with Crippen LogP contribution in [0.2, 0.25) is 0 Å². The Labute approximate surface area is 166 Å². The normalized spacial score (nSPS) is 14.9. The first-order chi connectivity index (χ1) is 13.3. The Hall–Kier alpha value is -2.92. The van der Waals surface area contributed by atoms with Gasteiger partial charge in [-0.2, -0.15) is 0 Å². The second kappa shape index (κ2) is 8.40. The van der Waals surface area contributed by atoms with Gasteiger partial charge in [0.1, 0.15) is 17.7 Å². The molecule has 5 N–H and O–H groups in total. The second-order valence-electron chi connectivity index (χ2n) is 7.59. The third-order valence-electron chi connectivity index (χ3n) is 5.09. The number of anilines is 1. The molecule has 0 radical (unpaired) electrons. The smallest absolute Gasteiger partial charge is 0.125 e. The maximum absolute atomic E-state index is 10.2. The minimum Gasteiger partial charge on any atom is -0.508 e. The molecule has 1 aliphatic heterocycles. The number of likely N-dealkylation sites (N-methyl/N-ethyl adjacent to an activating group) is 1. The molecule has 1 heterocycles. The fourth-order valence-electron chi connectivity index (χ4n) is 3.34. The molecule has 28 heavy (non-hydrogen) atoms. The molecule has 0 bridgehead atoms. The monoisotopic (exact) mass is 379 g/mol. The minimum absolute atomic E-state index is 0.0150. The average molecular weight is 380 g/mol. The third-order valence-corrected chi connectivity index (χ3v) is 5.09. The van der Waals surface area contributed by atoms with E-state index in [-0.39, 0.29) is 17.4 Å². The average Bonchev–Trinajstić information content (AvgIpc) is 2.65. The Morgan fingerprint density at radius 2 is 1.75 bits per heavy atom. The maximum Gasteiger partial charge on any atom is 0.125 e. The Balaban J connectivity index is 1.71. The summed E-state index contributed by atoms with van der Waals surface area (Å²) in [6.07, 6.45) is 6.68. The van der Waals surface area contributed by atoms with E-state index in [0.717, 1.165) is 24.2 Å². The number of phenolic OH excluding ortho intramolecular Hbond substituents is 2. The zero-order chi connectivity index (χ0) is 20.3. The van der Waals surface area contributed by atoms with E-state index in [1.54, 1.807) is 6.07 Å². The van der Waals surface area contributed by atoms with Crippen LogP contribution in [0, 0.1) is 0 Å². The van der Waals surface area contributed by atoms with Gasteiger partial charge >= 0.3 is 0 Å². The summed E-state index contributed by atoms with van der Waals surface area (Å²) in [6.45, 7) is 4.92. The fraction of sp³-hybridized carbons (Fsp3) is 0.304. The predicted molar refractivity (Wildman–Crippen MR) is 114 cm³/mol. The van der Waals surface area contributed by atoms with Crippen LogP contribution in [-0.2, 0) is 6.42 Å². The summed E-state index contributed by atoms with van der Waals surface area (Å²) < 4.78 is 0. The van der Waals surface area contributed by atoms with Gasteiger partial charge in [-0.1, -0.05) is 38.1 Å². The van der Waals surface area contributed by atoms with Crippen LogP contribution in [0.1, 0.15) is 42.6 Å². The van der Waals surface area contributed by atoms with Crippen LogP contribution in [0.4, 0.5) is 5.69 Å². The van der Waals surface area contributed by atoms with E-state index < -0.39 is 6.17 Å². The highest BCUT2D eigenvalue weighted by Crippen LogP contribution is 2.34. The Kier molecular flexibility index (Phi) is 5.95. The number of benzene rings is 2. The van der Waals surface area contributed by atoms with Crippen molar-refractivity contribution in [3.63, 3.8) is 0 Å². The molecular weight excluding hydrogens is 350 g/mol. The van der Waals surface area contributed by atoms with Crippen molar-refractivity contribution in [1.82, 2.24) is 4.90 Å². The molecule has 0 fully saturated rings. The number of phenols is 2. The standard InChI is InChI=1S/C23H29N3O2/c1-15(2)19-13-20(22(28)14-21(19)27)23(24)25-17-9-7-16(8-10-17)12-18-6-4-5-11-26(18)3/h4-10,13-15,23,25,27-28H,11-12,24H2,1-3H3. The summed E-state index contributed by atoms with van der Waals surface area (Å²) in [5.41, 5.74) is 11.0. The first kappa shape index (κ1) is 19.8. The van der Waals surface area contributed by atoms with Gasteiger partial charge < -0.3 is 26.2 Å². The van der Waals surface area contributed by atoms with Gasteiger partial charge in [0.05, 0.1) is 0 Å². The van der Waals surface area contributed by atoms with E-state index in [9.17, 15) is 10.2 Å². The van der Waals surface area contributed by atoms with E-state index in [4.69, 9.17) is 5.73 Å². The molecule has 0 aliphatic carbocycles. The highest BCUT2D eigenvalue weighted by molar-refractivity contribution is 5.52. The van der Waals surface area contributed by atoms with Gasteiger partial charge in [-0.05, 0) is 41.3 Å². The summed E-state index contributed by atoms with van der Waals surface area (Å²) >= 11 is 0. The molecule has 5 heteroatoms. The van der Waals surface area contributed by atoms with Crippen molar-refractivity contribution in [2.45, 2.75) is 32.4 Å². The SMILES string of the molecule is CC(C)c1cc(C(N)Nc2ccc(CC3=CC=CCN3C)cc2)c(O)cc1O. The number of allylic oxidation sites excluding steroid dienone is 3. The van der Waals surface area contributed by atoms with Gasteiger partial charge in [0.25, 0.3) is 0 Å². The van der Waals surface area contributed by atoms with Crippen LogP contribution in [0.3, 0.4) is 0 Å². The lowest BCUT2D eigenvalue weighted by Gasteiger charge is -2.24. The predicted octanol–water partition coefficient (Wildman–Crippen LogP) is 4.22. The molecule has 0 saturated heterocycles. The lowest BCUT2D eigenvalue weighted by molar-refractivity contribution is 0.437. The van der Waals surface area contributed by atoms with Crippen molar-refractivity contribution in [1.29, 1.82) is 0 Å². The van der Waals surface area contributed by atoms with Crippen molar-refractivity contribution < 1.29 is 10.2 Å². The molecule has 1 aliphatic rings. The Morgan fingerprint density at radius 3 is 2.39 bits per heavy atom. The quantitative estimate of drug-likeness (QED) is 0.565. The summed E-state index contributed by atoms with van der Waals surface area (Å²) in [5, 5.41) is 23.4. The van der Waals surface area contributed by atoms with Crippen LogP contribution < -0.4 is 11.1 Å². The number of nitrogens with two attached hydrogens (primary N) is 1. The minimum atomic E-state index is -0.582. The van der Waals surface area contributed by atoms with Crippen molar-refractivity contribution in [3.05, 3.63) is 77.0 Å². The Bertz CT molecular complexity index is 885. The van der Waals surface area contributed by atoms with Crippen molar-refractivity contribution in [2.75, 3.05) is 18.9 Å². The molecule has 3 rings (SSSR count). The summed E-state index contributed by atoms with van der Waals surface area (Å²) in [7, 11) is 2.10. The van der Waals surface area contributed by atoms with Crippen LogP contribution in [-0.4, -0.2) is 28.7 Å². The molecule has 0 aromatic heterocycles. The molecule has 1 unspecified atom stereocenters. The summed E-state index contributed by atoms with van der Waals surface area (Å²) in [4.78, 5) is 2.24. The van der Waals surface area contributed by atoms with Crippen LogP contribution in [0.5, 0.6) is 11.5 Å². The zero-order valence-corrected chi connectivity index (χ0v) is 16.7. The molecule has 0 amide bonds. The highest BCUT2D eigenvalue weighted by Gasteiger charge is 2.16. The van der Waals surface area contributed by atoms with Gasteiger partial charge in [-0.25, -0.2) is 0 Å². The lowest BCUT2D eigenvalue weighted by atomic mass is 9.97. The number of aromatic hydroxyl groups is 2. The fourth-order valence-corrected chi connectivity index (χ4v) is 3.34. The number of rotatable bonds is 6.